The van der Waals surface area contributed by atoms with Gasteiger partial charge in [-0.2, -0.15) is 13.2 Å². The van der Waals surface area contributed by atoms with Crippen LogP contribution in [0, 0.1) is 0 Å². The van der Waals surface area contributed by atoms with Gasteiger partial charge in [0, 0.05) is 39.3 Å². The number of nitrogens with one attached hydrogen (secondary N) is 2. The van der Waals surface area contributed by atoms with Crippen molar-refractivity contribution in [2.75, 3.05) is 52.4 Å². The van der Waals surface area contributed by atoms with E-state index in [9.17, 15) is 30.0 Å². The Morgan fingerprint density at radius 3 is 1.32 bits per heavy atom. The number of piperazine rings is 1. The Labute approximate surface area is 236 Å². The van der Waals surface area contributed by atoms with Crippen LogP contribution in [0.1, 0.15) is 44.7 Å². The van der Waals surface area contributed by atoms with Gasteiger partial charge in [0.25, 0.3) is 0 Å². The summed E-state index contributed by atoms with van der Waals surface area (Å²) in [5.74, 6) is 0. The van der Waals surface area contributed by atoms with Crippen LogP contribution in [0.25, 0.3) is 0 Å². The molecule has 1 fully saturated rings. The molecular formula is C27H39F3N4O4S2. The van der Waals surface area contributed by atoms with E-state index in [1.54, 1.807) is 12.1 Å². The van der Waals surface area contributed by atoms with E-state index in [4.69, 9.17) is 0 Å². The smallest absolute Gasteiger partial charge is 0.301 e. The summed E-state index contributed by atoms with van der Waals surface area (Å²) in [4.78, 5) is 4.56. The summed E-state index contributed by atoms with van der Waals surface area (Å²) in [6.07, 6.45) is -3.26. The summed E-state index contributed by atoms with van der Waals surface area (Å²) in [6.45, 7) is 11.5. The van der Waals surface area contributed by atoms with Crippen LogP contribution in [0.15, 0.2) is 58.3 Å². The SMILES string of the molecule is CC(C)(C)c1ccc(S(=O)(=O)NCCCN2CCN(CCCNS(=O)(=O)c3ccc(C(F)(F)F)cc3)CC2)cc1. The first-order chi connectivity index (χ1) is 18.6. The molecular weight excluding hydrogens is 565 g/mol. The van der Waals surface area contributed by atoms with Gasteiger partial charge < -0.3 is 9.80 Å². The van der Waals surface area contributed by atoms with Gasteiger partial charge in [-0.3, -0.25) is 0 Å². The predicted octanol–water partition coefficient (Wildman–Crippen LogP) is 3.66. The number of hydrogen-bond donors (Lipinski definition) is 2. The van der Waals surface area contributed by atoms with Crippen LogP contribution in [0.2, 0.25) is 0 Å². The van der Waals surface area contributed by atoms with E-state index in [1.807, 2.05) is 12.1 Å². The number of sulfonamides is 2. The summed E-state index contributed by atoms with van der Waals surface area (Å²) in [7, 11) is -7.43. The van der Waals surface area contributed by atoms with Gasteiger partial charge >= 0.3 is 6.18 Å². The zero-order valence-electron chi connectivity index (χ0n) is 23.2. The van der Waals surface area contributed by atoms with Crippen LogP contribution < -0.4 is 9.44 Å². The van der Waals surface area contributed by atoms with E-state index in [1.165, 1.54) is 0 Å². The third-order valence-electron chi connectivity index (χ3n) is 6.87. The second-order valence-corrected chi connectivity index (χ2v) is 14.5. The van der Waals surface area contributed by atoms with E-state index < -0.39 is 31.8 Å². The van der Waals surface area contributed by atoms with Gasteiger partial charge in [-0.15, -0.1) is 0 Å². The molecule has 0 atom stereocenters. The fraction of sp³-hybridized carbons (Fsp3) is 0.556. The van der Waals surface area contributed by atoms with Gasteiger partial charge in [-0.25, -0.2) is 26.3 Å². The Morgan fingerprint density at radius 1 is 0.650 bits per heavy atom. The average Bonchev–Trinajstić information content (AvgIpc) is 2.89. The molecule has 2 N–H and O–H groups in total. The maximum absolute atomic E-state index is 12.7. The molecule has 1 aliphatic rings. The second-order valence-electron chi connectivity index (χ2n) is 11.0. The summed E-state index contributed by atoms with van der Waals surface area (Å²) in [5.41, 5.74) is 0.133. The Hall–Kier alpha value is -2.03. The zero-order chi connectivity index (χ0) is 29.6. The highest BCUT2D eigenvalue weighted by Crippen LogP contribution is 2.29. The molecule has 1 aliphatic heterocycles. The Morgan fingerprint density at radius 2 is 1.00 bits per heavy atom. The molecule has 0 saturated carbocycles. The molecule has 0 amide bonds. The van der Waals surface area contributed by atoms with Crippen molar-refractivity contribution in [3.05, 3.63) is 59.7 Å². The largest absolute Gasteiger partial charge is 0.416 e. The molecule has 224 valence electrons. The van der Waals surface area contributed by atoms with Gasteiger partial charge in [0.15, 0.2) is 0 Å². The quantitative estimate of drug-likeness (QED) is 0.359. The summed E-state index contributed by atoms with van der Waals surface area (Å²) in [5, 5.41) is 0. The molecule has 13 heteroatoms. The van der Waals surface area contributed by atoms with Crippen molar-refractivity contribution in [3.8, 4) is 0 Å². The predicted molar refractivity (Wildman–Crippen MR) is 149 cm³/mol. The molecule has 0 aromatic heterocycles. The minimum absolute atomic E-state index is 0.0460. The molecule has 0 radical (unpaired) electrons. The Balaban J connectivity index is 1.31. The molecule has 3 rings (SSSR count). The van der Waals surface area contributed by atoms with Crippen LogP contribution in [0.3, 0.4) is 0 Å². The number of halogens is 3. The van der Waals surface area contributed by atoms with E-state index in [0.29, 0.717) is 25.9 Å². The maximum atomic E-state index is 12.7. The molecule has 1 heterocycles. The van der Waals surface area contributed by atoms with Gasteiger partial charge in [-0.1, -0.05) is 32.9 Å². The lowest BCUT2D eigenvalue weighted by molar-refractivity contribution is -0.137. The van der Waals surface area contributed by atoms with Crippen molar-refractivity contribution >= 4 is 20.0 Å². The molecule has 1 saturated heterocycles. The lowest BCUT2D eigenvalue weighted by atomic mass is 9.87. The standard InChI is InChI=1S/C27H39F3N4O4S2/c1-26(2,3)22-6-10-24(11-7-22)39(35,36)31-14-4-16-33-18-20-34(21-19-33)17-5-15-32-40(37,38)25-12-8-23(9-13-25)27(28,29)30/h6-13,31-32H,4-5,14-21H2,1-3H3. The molecule has 2 aromatic rings. The zero-order valence-corrected chi connectivity index (χ0v) is 24.8. The fourth-order valence-electron chi connectivity index (χ4n) is 4.38. The van der Waals surface area contributed by atoms with Crippen molar-refractivity contribution in [1.29, 1.82) is 0 Å². The summed E-state index contributed by atoms with van der Waals surface area (Å²) >= 11 is 0. The van der Waals surface area contributed by atoms with Crippen molar-refractivity contribution in [2.45, 2.75) is 55.0 Å². The molecule has 40 heavy (non-hydrogen) atoms. The van der Waals surface area contributed by atoms with Crippen LogP contribution in [0.5, 0.6) is 0 Å². The van der Waals surface area contributed by atoms with Gasteiger partial charge in [0.05, 0.1) is 15.4 Å². The van der Waals surface area contributed by atoms with Crippen LogP contribution >= 0.6 is 0 Å². The minimum atomic E-state index is -4.52. The highest BCUT2D eigenvalue weighted by molar-refractivity contribution is 7.89. The van der Waals surface area contributed by atoms with E-state index in [-0.39, 0.29) is 21.8 Å². The highest BCUT2D eigenvalue weighted by Gasteiger charge is 2.30. The number of alkyl halides is 3. The van der Waals surface area contributed by atoms with Gasteiger partial charge in [0.1, 0.15) is 0 Å². The lowest BCUT2D eigenvalue weighted by Gasteiger charge is -2.34. The monoisotopic (exact) mass is 604 g/mol. The molecule has 0 bridgehead atoms. The highest BCUT2D eigenvalue weighted by atomic mass is 32.2. The summed E-state index contributed by atoms with van der Waals surface area (Å²) < 4.78 is 93.1. The van der Waals surface area contributed by atoms with Crippen molar-refractivity contribution in [1.82, 2.24) is 19.2 Å². The molecule has 0 unspecified atom stereocenters. The van der Waals surface area contributed by atoms with E-state index in [2.05, 4.69) is 40.0 Å². The van der Waals surface area contributed by atoms with Crippen LogP contribution in [0.4, 0.5) is 13.2 Å². The third-order valence-corrected chi connectivity index (χ3v) is 9.83. The summed E-state index contributed by atoms with van der Waals surface area (Å²) in [6, 6.07) is 10.4. The first kappa shape index (κ1) is 32.5. The average molecular weight is 605 g/mol. The maximum Gasteiger partial charge on any atom is 0.416 e. The minimum Gasteiger partial charge on any atom is -0.301 e. The number of hydrogen-bond acceptors (Lipinski definition) is 6. The Bertz CT molecular complexity index is 1200. The van der Waals surface area contributed by atoms with Crippen molar-refractivity contribution in [3.63, 3.8) is 0 Å². The normalized spacial score (nSPS) is 16.4. The lowest BCUT2D eigenvalue weighted by Crippen LogP contribution is -2.47. The first-order valence-electron chi connectivity index (χ1n) is 13.3. The molecule has 8 nitrogen and oxygen atoms in total. The van der Waals surface area contributed by atoms with Gasteiger partial charge in [0.2, 0.25) is 20.0 Å². The van der Waals surface area contributed by atoms with Gasteiger partial charge in [-0.05, 0) is 73.3 Å². The Kier molecular flexibility index (Phi) is 10.8. The molecule has 0 spiro atoms. The van der Waals surface area contributed by atoms with Crippen LogP contribution in [-0.2, 0) is 31.6 Å². The molecule has 2 aromatic carbocycles. The first-order valence-corrected chi connectivity index (χ1v) is 16.3. The van der Waals surface area contributed by atoms with Crippen LogP contribution in [-0.4, -0.2) is 79.0 Å². The van der Waals surface area contributed by atoms with E-state index >= 15 is 0 Å². The number of benzene rings is 2. The fourth-order valence-corrected chi connectivity index (χ4v) is 6.53. The second kappa shape index (κ2) is 13.3. The number of rotatable bonds is 12. The number of nitrogens with zero attached hydrogens (tertiary/aromatic N) is 2. The van der Waals surface area contributed by atoms with E-state index in [0.717, 1.165) is 62.6 Å². The molecule has 0 aliphatic carbocycles. The third kappa shape index (κ3) is 9.52. The topological polar surface area (TPSA) is 98.8 Å². The van der Waals surface area contributed by atoms with Crippen molar-refractivity contribution < 1.29 is 30.0 Å². The van der Waals surface area contributed by atoms with Crippen molar-refractivity contribution in [2.24, 2.45) is 0 Å².